The Bertz CT molecular complexity index is 2000. The Balaban J connectivity index is 1.42. The summed E-state index contributed by atoms with van der Waals surface area (Å²) in [5.74, 6) is -1.51. The predicted octanol–water partition coefficient (Wildman–Crippen LogP) is 7.25. The average molecular weight is 659 g/mol. The van der Waals surface area contributed by atoms with Gasteiger partial charge in [-0.05, 0) is 55.3 Å². The minimum atomic E-state index is -0.825. The van der Waals surface area contributed by atoms with Crippen LogP contribution in [0.2, 0.25) is 0 Å². The van der Waals surface area contributed by atoms with E-state index in [1.54, 1.807) is 19.1 Å². The Kier molecular flexibility index (Phi) is 8.10. The molecule has 0 spiro atoms. The zero-order chi connectivity index (χ0) is 32.9. The molecule has 3 aromatic heterocycles. The van der Waals surface area contributed by atoms with Crippen LogP contribution in [0.5, 0.6) is 5.75 Å². The first-order valence-corrected chi connectivity index (χ1v) is 16.5. The van der Waals surface area contributed by atoms with Crippen LogP contribution >= 0.6 is 11.3 Å². The smallest absolute Gasteiger partial charge is 0.245 e. The summed E-state index contributed by atoms with van der Waals surface area (Å²) >= 11 is 1.48. The third-order valence-electron chi connectivity index (χ3n) is 9.77. The number of likely N-dealkylation sites (N-methyl/N-ethyl adjacent to an activating group) is 1. The van der Waals surface area contributed by atoms with E-state index < -0.39 is 17.2 Å². The van der Waals surface area contributed by atoms with Crippen LogP contribution in [0.3, 0.4) is 0 Å². The molecule has 1 amide bonds. The molecule has 3 fully saturated rings. The molecule has 0 N–H and O–H groups in total. The molecule has 2 saturated heterocycles. The highest BCUT2D eigenvalue weighted by Crippen LogP contribution is 2.57. The van der Waals surface area contributed by atoms with E-state index in [0.717, 1.165) is 51.2 Å². The van der Waals surface area contributed by atoms with Gasteiger partial charge in [-0.3, -0.25) is 9.48 Å². The van der Waals surface area contributed by atoms with E-state index in [9.17, 15) is 9.18 Å². The first kappa shape index (κ1) is 31.4. The Labute approximate surface area is 275 Å². The molecule has 1 saturated carbocycles. The van der Waals surface area contributed by atoms with Crippen LogP contribution < -0.4 is 4.74 Å². The second-order valence-electron chi connectivity index (χ2n) is 12.7. The minimum absolute atomic E-state index is 0.0868. The summed E-state index contributed by atoms with van der Waals surface area (Å²) in [6.45, 7) is 4.98. The number of carbonyl (C=O) groups excluding carboxylic acids is 1. The first-order valence-electron chi connectivity index (χ1n) is 15.6. The number of hydrogen-bond acceptors (Lipinski definition) is 7. The zero-order valence-electron chi connectivity index (χ0n) is 26.6. The number of pyridine rings is 1. The fourth-order valence-electron chi connectivity index (χ4n) is 7.27. The summed E-state index contributed by atoms with van der Waals surface area (Å²) in [7, 11) is 5.23. The second kappa shape index (κ2) is 12.1. The number of rotatable bonds is 10. The summed E-state index contributed by atoms with van der Waals surface area (Å²) in [5.41, 5.74) is 2.95. The summed E-state index contributed by atoms with van der Waals surface area (Å²) in [6, 6.07) is 10.2. The summed E-state index contributed by atoms with van der Waals surface area (Å²) in [4.78, 5) is 19.4. The van der Waals surface area contributed by atoms with Crippen molar-refractivity contribution in [3.63, 3.8) is 0 Å². The molecular formula is C36H36F2N4O4S. The largest absolute Gasteiger partial charge is 0.490 e. The quantitative estimate of drug-likeness (QED) is 0.116. The molecule has 2 aliphatic heterocycles. The summed E-state index contributed by atoms with van der Waals surface area (Å²) in [6.07, 6.45) is 6.01. The van der Waals surface area contributed by atoms with E-state index in [2.05, 4.69) is 17.7 Å². The highest BCUT2D eigenvalue weighted by atomic mass is 32.1. The van der Waals surface area contributed by atoms with Gasteiger partial charge >= 0.3 is 0 Å². The maximum atomic E-state index is 16.2. The SMILES string of the molecule is C=CC(=O)N(C)CC12CCC(c3nc(-c4ccc5c(cnn5C)c4)c4ccsc4c3-c3c(F)cc(F)cc3OCCOC)(CC1)OC2. The van der Waals surface area contributed by atoms with Crippen LogP contribution in [0.15, 0.2) is 60.6 Å². The average Bonchev–Trinajstić information content (AvgIpc) is 3.71. The maximum absolute atomic E-state index is 16.2. The third-order valence-corrected chi connectivity index (χ3v) is 10.7. The fourth-order valence-corrected chi connectivity index (χ4v) is 8.22. The van der Waals surface area contributed by atoms with Crippen LogP contribution in [0.4, 0.5) is 8.78 Å². The van der Waals surface area contributed by atoms with Crippen molar-refractivity contribution in [3.05, 3.63) is 78.0 Å². The number of aromatic nitrogens is 3. The molecule has 5 heterocycles. The first-order chi connectivity index (χ1) is 22.7. The Hall–Kier alpha value is -4.19. The molecular weight excluding hydrogens is 622 g/mol. The topological polar surface area (TPSA) is 78.7 Å². The predicted molar refractivity (Wildman–Crippen MR) is 178 cm³/mol. The number of aryl methyl sites for hydroxylation is 1. The highest BCUT2D eigenvalue weighted by Gasteiger charge is 2.53. The van der Waals surface area contributed by atoms with Gasteiger partial charge in [0.25, 0.3) is 0 Å². The van der Waals surface area contributed by atoms with Gasteiger partial charge in [0.05, 0.1) is 41.9 Å². The lowest BCUT2D eigenvalue weighted by Gasteiger charge is -2.54. The van der Waals surface area contributed by atoms with Crippen LogP contribution in [0, 0.1) is 17.0 Å². The van der Waals surface area contributed by atoms with E-state index in [4.69, 9.17) is 19.2 Å². The zero-order valence-corrected chi connectivity index (χ0v) is 27.5. The molecule has 244 valence electrons. The number of fused-ring (bicyclic) bond motifs is 5. The normalized spacial score (nSPS) is 20.6. The van der Waals surface area contributed by atoms with Gasteiger partial charge in [-0.25, -0.2) is 13.8 Å². The molecule has 8 rings (SSSR count). The molecule has 11 heteroatoms. The highest BCUT2D eigenvalue weighted by molar-refractivity contribution is 7.17. The van der Waals surface area contributed by atoms with Crippen LogP contribution in [0.1, 0.15) is 31.4 Å². The van der Waals surface area contributed by atoms with E-state index in [0.29, 0.717) is 37.3 Å². The number of methoxy groups -OCH3 is 1. The Morgan fingerprint density at radius 1 is 1.15 bits per heavy atom. The number of nitrogens with zero attached hydrogens (tertiary/aromatic N) is 4. The Morgan fingerprint density at radius 2 is 1.96 bits per heavy atom. The van der Waals surface area contributed by atoms with Gasteiger partial charge in [0.1, 0.15) is 29.6 Å². The van der Waals surface area contributed by atoms with Gasteiger partial charge in [-0.15, -0.1) is 11.3 Å². The monoisotopic (exact) mass is 658 g/mol. The fraction of sp³-hybridized carbons (Fsp3) is 0.361. The van der Waals surface area contributed by atoms with Crippen LogP contribution in [-0.2, 0) is 26.9 Å². The van der Waals surface area contributed by atoms with Crippen LogP contribution in [-0.4, -0.2) is 66.1 Å². The molecule has 5 aromatic rings. The summed E-state index contributed by atoms with van der Waals surface area (Å²) < 4.78 is 51.5. The molecule has 47 heavy (non-hydrogen) atoms. The van der Waals surface area contributed by atoms with Crippen molar-refractivity contribution in [2.75, 3.05) is 40.5 Å². The lowest BCUT2D eigenvalue weighted by Crippen LogP contribution is -2.54. The van der Waals surface area contributed by atoms with Gasteiger partial charge in [0.15, 0.2) is 0 Å². The van der Waals surface area contributed by atoms with E-state index in [1.807, 2.05) is 41.5 Å². The summed E-state index contributed by atoms with van der Waals surface area (Å²) in [5, 5.41) is 8.21. The molecule has 2 aromatic carbocycles. The van der Waals surface area contributed by atoms with Crippen molar-refractivity contribution < 1.29 is 27.8 Å². The molecule has 1 aliphatic carbocycles. The van der Waals surface area contributed by atoms with Gasteiger partial charge in [-0.2, -0.15) is 5.10 Å². The number of carbonyl (C=O) groups is 1. The molecule has 0 atom stereocenters. The van der Waals surface area contributed by atoms with Gasteiger partial charge in [-0.1, -0.05) is 12.6 Å². The van der Waals surface area contributed by atoms with Crippen molar-refractivity contribution in [1.82, 2.24) is 19.7 Å². The molecule has 3 aliphatic rings. The number of benzene rings is 2. The van der Waals surface area contributed by atoms with Crippen molar-refractivity contribution in [1.29, 1.82) is 0 Å². The van der Waals surface area contributed by atoms with Gasteiger partial charge in [0.2, 0.25) is 5.91 Å². The van der Waals surface area contributed by atoms with Gasteiger partial charge < -0.3 is 19.1 Å². The van der Waals surface area contributed by atoms with Crippen molar-refractivity contribution in [2.24, 2.45) is 12.5 Å². The number of ether oxygens (including phenoxy) is 3. The second-order valence-corrected chi connectivity index (χ2v) is 13.6. The van der Waals surface area contributed by atoms with E-state index in [1.165, 1.54) is 23.5 Å². The van der Waals surface area contributed by atoms with Crippen molar-refractivity contribution in [2.45, 2.75) is 31.3 Å². The standard InChI is InChI=1S/C36H36F2N4O4S/c1-5-29(43)41(2)20-35-9-11-36(12-10-35,46-21-35)34-31(30-26(38)17-24(37)18-28(30)45-14-13-44-4)33-25(8-15-47-33)32(40-34)22-6-7-27-23(16-22)19-39-42(27)3/h5-8,15-19H,1,9-14,20-21H2,2-4H3. The molecule has 0 radical (unpaired) electrons. The number of amides is 1. The minimum Gasteiger partial charge on any atom is -0.490 e. The lowest BCUT2D eigenvalue weighted by atomic mass is 9.64. The van der Waals surface area contributed by atoms with Crippen molar-refractivity contribution in [3.8, 4) is 28.1 Å². The molecule has 2 bridgehead atoms. The van der Waals surface area contributed by atoms with E-state index in [-0.39, 0.29) is 35.8 Å². The van der Waals surface area contributed by atoms with Gasteiger partial charge in [0, 0.05) is 71.9 Å². The molecule has 0 unspecified atom stereocenters. The van der Waals surface area contributed by atoms with Crippen LogP contribution in [0.25, 0.3) is 43.4 Å². The van der Waals surface area contributed by atoms with E-state index >= 15 is 4.39 Å². The number of hydrogen-bond donors (Lipinski definition) is 0. The lowest BCUT2D eigenvalue weighted by molar-refractivity contribution is -0.195. The third kappa shape index (κ3) is 5.40. The maximum Gasteiger partial charge on any atom is 0.245 e. The molecule has 8 nitrogen and oxygen atoms in total. The number of thiophene rings is 1. The van der Waals surface area contributed by atoms with Crippen molar-refractivity contribution >= 4 is 38.2 Å². The Morgan fingerprint density at radius 3 is 2.68 bits per heavy atom. The number of halogens is 2.